The quantitative estimate of drug-likeness (QED) is 0.125. The van der Waals surface area contributed by atoms with E-state index in [0.717, 1.165) is 17.0 Å². The third-order valence-electron chi connectivity index (χ3n) is 8.21. The minimum atomic E-state index is -0.864. The van der Waals surface area contributed by atoms with E-state index in [2.05, 4.69) is 0 Å². The van der Waals surface area contributed by atoms with Crippen LogP contribution in [0.4, 0.5) is 14.5 Å². The van der Waals surface area contributed by atoms with Gasteiger partial charge in [-0.05, 0) is 49.7 Å². The van der Waals surface area contributed by atoms with Crippen molar-refractivity contribution in [2.24, 2.45) is 0 Å². The molecule has 5 aromatic rings. The first-order valence-electron chi connectivity index (χ1n) is 15.4. The van der Waals surface area contributed by atoms with Gasteiger partial charge in [-0.3, -0.25) is 24.1 Å². The number of aromatic nitrogens is 1. The molecule has 1 aromatic heterocycles. The minimum absolute atomic E-state index is 0.0275. The smallest absolute Gasteiger partial charge is 0.263 e. The zero-order chi connectivity index (χ0) is 34.8. The van der Waals surface area contributed by atoms with E-state index >= 15 is 0 Å². The first kappa shape index (κ1) is 32.9. The van der Waals surface area contributed by atoms with Crippen LogP contribution >= 0.6 is 0 Å². The Labute approximate surface area is 279 Å². The summed E-state index contributed by atoms with van der Waals surface area (Å²) in [5.74, 6) is -1.90. The van der Waals surface area contributed by atoms with Gasteiger partial charge in [0, 0.05) is 60.7 Å². The highest BCUT2D eigenvalue weighted by Gasteiger charge is 2.34. The molecule has 49 heavy (non-hydrogen) atoms. The molecule has 0 N–H and O–H groups in total. The molecule has 0 bridgehead atoms. The van der Waals surface area contributed by atoms with Gasteiger partial charge in [0.15, 0.2) is 0 Å². The largest absolute Gasteiger partial charge is 0.497 e. The van der Waals surface area contributed by atoms with Gasteiger partial charge in [0.05, 0.1) is 43.2 Å². The summed E-state index contributed by atoms with van der Waals surface area (Å²) in [6.45, 7) is 1.97. The molecule has 1 aliphatic rings. The van der Waals surface area contributed by atoms with Gasteiger partial charge in [-0.2, -0.15) is 0 Å². The SMILES string of the molecule is CCN(C(=O)c1cn(-c2cc(OC)cc(OC)c2)c2cc(OCCCN3C(=O)c4ccccc4C3=O)ccc2c1=O)c1cc(F)cc(F)c1. The summed E-state index contributed by atoms with van der Waals surface area (Å²) < 4.78 is 46.7. The second kappa shape index (κ2) is 13.6. The topological polar surface area (TPSA) is 107 Å². The summed E-state index contributed by atoms with van der Waals surface area (Å²) in [5, 5.41) is 0.174. The number of imide groups is 1. The van der Waals surface area contributed by atoms with Crippen LogP contribution < -0.4 is 24.5 Å². The van der Waals surface area contributed by atoms with Gasteiger partial charge >= 0.3 is 0 Å². The van der Waals surface area contributed by atoms with Crippen molar-refractivity contribution in [2.45, 2.75) is 13.3 Å². The van der Waals surface area contributed by atoms with Crippen LogP contribution in [0.15, 0.2) is 89.9 Å². The Hall–Kier alpha value is -6.04. The molecule has 0 atom stereocenters. The molecule has 0 saturated carbocycles. The summed E-state index contributed by atoms with van der Waals surface area (Å²) in [7, 11) is 2.98. The number of benzene rings is 4. The van der Waals surface area contributed by atoms with Crippen LogP contribution in [0, 0.1) is 11.6 Å². The zero-order valence-electron chi connectivity index (χ0n) is 26.9. The summed E-state index contributed by atoms with van der Waals surface area (Å²) in [6.07, 6.45) is 1.72. The molecule has 0 saturated heterocycles. The van der Waals surface area contributed by atoms with Crippen molar-refractivity contribution in [3.05, 3.63) is 124 Å². The summed E-state index contributed by atoms with van der Waals surface area (Å²) in [4.78, 5) is 55.5. The second-order valence-corrected chi connectivity index (χ2v) is 11.2. The highest BCUT2D eigenvalue weighted by molar-refractivity contribution is 6.21. The van der Waals surface area contributed by atoms with E-state index < -0.39 is 23.0 Å². The number of rotatable bonds is 11. The lowest BCUT2D eigenvalue weighted by atomic mass is 10.1. The van der Waals surface area contributed by atoms with E-state index in [1.165, 1.54) is 31.4 Å². The Morgan fingerprint density at radius 3 is 2.02 bits per heavy atom. The fourth-order valence-electron chi connectivity index (χ4n) is 5.83. The van der Waals surface area contributed by atoms with Gasteiger partial charge in [-0.1, -0.05) is 12.1 Å². The molecular weight excluding hydrogens is 636 g/mol. The molecule has 250 valence electrons. The predicted molar refractivity (Wildman–Crippen MR) is 178 cm³/mol. The van der Waals surface area contributed by atoms with Crippen molar-refractivity contribution in [3.8, 4) is 22.9 Å². The van der Waals surface area contributed by atoms with E-state index in [-0.39, 0.29) is 48.1 Å². The Morgan fingerprint density at radius 1 is 0.796 bits per heavy atom. The molecule has 0 fully saturated rings. The van der Waals surface area contributed by atoms with E-state index in [1.54, 1.807) is 66.1 Å². The lowest BCUT2D eigenvalue weighted by Crippen LogP contribution is -2.35. The number of halogens is 2. The summed E-state index contributed by atoms with van der Waals surface area (Å²) >= 11 is 0. The van der Waals surface area contributed by atoms with Gasteiger partial charge in [-0.15, -0.1) is 0 Å². The number of pyridine rings is 1. The fraction of sp³-hybridized carbons (Fsp3) is 0.189. The van der Waals surface area contributed by atoms with Gasteiger partial charge in [-0.25, -0.2) is 8.78 Å². The molecule has 2 heterocycles. The summed E-state index contributed by atoms with van der Waals surface area (Å²) in [6, 6.07) is 19.2. The third kappa shape index (κ3) is 6.32. The Morgan fingerprint density at radius 2 is 1.43 bits per heavy atom. The van der Waals surface area contributed by atoms with E-state index in [1.807, 2.05) is 0 Å². The number of fused-ring (bicyclic) bond motifs is 2. The first-order chi connectivity index (χ1) is 23.6. The van der Waals surface area contributed by atoms with Crippen LogP contribution in [0.1, 0.15) is 44.4 Å². The zero-order valence-corrected chi connectivity index (χ0v) is 26.9. The number of anilines is 1. The van der Waals surface area contributed by atoms with Crippen molar-refractivity contribution in [2.75, 3.05) is 38.8 Å². The normalized spacial score (nSPS) is 12.3. The highest BCUT2D eigenvalue weighted by atomic mass is 19.1. The monoisotopic (exact) mass is 667 g/mol. The molecule has 0 spiro atoms. The summed E-state index contributed by atoms with van der Waals surface area (Å²) in [5.41, 5.74) is 0.738. The van der Waals surface area contributed by atoms with Crippen LogP contribution in [0.25, 0.3) is 16.6 Å². The van der Waals surface area contributed by atoms with Crippen molar-refractivity contribution < 1.29 is 37.4 Å². The number of amides is 3. The van der Waals surface area contributed by atoms with Gasteiger partial charge in [0.25, 0.3) is 17.7 Å². The number of hydrogen-bond donors (Lipinski definition) is 0. The molecule has 3 amide bonds. The number of carbonyl (C=O) groups excluding carboxylic acids is 3. The number of ether oxygens (including phenoxy) is 3. The van der Waals surface area contributed by atoms with E-state index in [4.69, 9.17) is 14.2 Å². The van der Waals surface area contributed by atoms with Crippen LogP contribution in [-0.2, 0) is 0 Å². The number of carbonyl (C=O) groups is 3. The lowest BCUT2D eigenvalue weighted by Gasteiger charge is -2.22. The average Bonchev–Trinajstić information content (AvgIpc) is 3.34. The lowest BCUT2D eigenvalue weighted by molar-refractivity contribution is 0.0646. The standard InChI is InChI=1S/C37H31F2N3O7/c1-4-40(24-15-22(38)14-23(39)16-24)37(46)32-21-42(25-17-27(47-2)19-28(18-25)48-3)33-20-26(10-11-31(33)34(32)43)49-13-7-12-41-35(44)29-8-5-6-9-30(29)36(41)45/h5-6,8-11,14-21H,4,7,12-13H2,1-3H3. The highest BCUT2D eigenvalue weighted by Crippen LogP contribution is 2.30. The van der Waals surface area contributed by atoms with Crippen molar-refractivity contribution in [1.29, 1.82) is 0 Å². The van der Waals surface area contributed by atoms with E-state index in [0.29, 0.717) is 52.1 Å². The molecule has 0 radical (unpaired) electrons. The predicted octanol–water partition coefficient (Wildman–Crippen LogP) is 6.02. The number of nitrogens with zero attached hydrogens (tertiary/aromatic N) is 3. The van der Waals surface area contributed by atoms with Crippen LogP contribution in [-0.4, -0.2) is 61.1 Å². The van der Waals surface area contributed by atoms with Gasteiger partial charge < -0.3 is 23.7 Å². The van der Waals surface area contributed by atoms with E-state index in [9.17, 15) is 28.0 Å². The molecule has 6 rings (SSSR count). The molecule has 0 unspecified atom stereocenters. The maximum Gasteiger partial charge on any atom is 0.263 e. The van der Waals surface area contributed by atoms with Crippen LogP contribution in [0.5, 0.6) is 17.2 Å². The van der Waals surface area contributed by atoms with Crippen molar-refractivity contribution >= 4 is 34.3 Å². The molecule has 4 aromatic carbocycles. The molecule has 12 heteroatoms. The van der Waals surface area contributed by atoms with Gasteiger partial charge in [0.2, 0.25) is 5.43 Å². The Balaban J connectivity index is 1.35. The van der Waals surface area contributed by atoms with Crippen molar-refractivity contribution in [3.63, 3.8) is 0 Å². The van der Waals surface area contributed by atoms with Crippen molar-refractivity contribution in [1.82, 2.24) is 9.47 Å². The molecule has 10 nitrogen and oxygen atoms in total. The third-order valence-corrected chi connectivity index (χ3v) is 8.21. The first-order valence-corrected chi connectivity index (χ1v) is 15.4. The Bertz CT molecular complexity index is 2100. The second-order valence-electron chi connectivity index (χ2n) is 11.2. The Kier molecular flexibility index (Phi) is 9.12. The molecule has 0 aliphatic carbocycles. The van der Waals surface area contributed by atoms with Crippen LogP contribution in [0.2, 0.25) is 0 Å². The maximum absolute atomic E-state index is 14.1. The average molecular weight is 668 g/mol. The van der Waals surface area contributed by atoms with Gasteiger partial charge in [0.1, 0.15) is 34.4 Å². The van der Waals surface area contributed by atoms with Crippen LogP contribution in [0.3, 0.4) is 0 Å². The minimum Gasteiger partial charge on any atom is -0.497 e. The maximum atomic E-state index is 14.1. The molecular formula is C37H31F2N3O7. The number of methoxy groups -OCH3 is 2. The molecule has 1 aliphatic heterocycles. The number of hydrogen-bond acceptors (Lipinski definition) is 7. The fourth-order valence-corrected chi connectivity index (χ4v) is 5.83.